The van der Waals surface area contributed by atoms with Crippen LogP contribution in [0.1, 0.15) is 33.3 Å². The fraction of sp³-hybridized carbons (Fsp3) is 0.467. The molecule has 0 aliphatic carbocycles. The molecule has 1 aromatic carbocycles. The van der Waals surface area contributed by atoms with E-state index in [0.717, 1.165) is 5.56 Å². The van der Waals surface area contributed by atoms with Crippen molar-refractivity contribution >= 4 is 11.8 Å². The first kappa shape index (κ1) is 15.2. The second kappa shape index (κ2) is 6.36. The fourth-order valence-electron chi connectivity index (χ4n) is 1.82. The van der Waals surface area contributed by atoms with Crippen molar-refractivity contribution in [3.05, 3.63) is 35.9 Å². The molecule has 0 bridgehead atoms. The summed E-state index contributed by atoms with van der Waals surface area (Å²) in [6.45, 7) is 7.80. The lowest BCUT2D eigenvalue weighted by molar-refractivity contribution is -0.139. The van der Waals surface area contributed by atoms with Gasteiger partial charge in [0.05, 0.1) is 0 Å². The number of amides is 2. The summed E-state index contributed by atoms with van der Waals surface area (Å²) < 4.78 is 0. The Hall–Kier alpha value is -1.84. The van der Waals surface area contributed by atoms with E-state index in [2.05, 4.69) is 5.32 Å². The van der Waals surface area contributed by atoms with Gasteiger partial charge in [0.1, 0.15) is 6.54 Å². The molecule has 0 fully saturated rings. The maximum Gasteiger partial charge on any atom is 0.239 e. The van der Waals surface area contributed by atoms with Crippen LogP contribution in [0.2, 0.25) is 0 Å². The Morgan fingerprint density at radius 3 is 2.21 bits per heavy atom. The lowest BCUT2D eigenvalue weighted by Gasteiger charge is -2.34. The molecule has 0 aliphatic rings. The maximum absolute atomic E-state index is 11.9. The zero-order chi connectivity index (χ0) is 14.5. The average Bonchev–Trinajstić information content (AvgIpc) is 2.33. The molecule has 0 heterocycles. The van der Waals surface area contributed by atoms with E-state index in [0.29, 0.717) is 6.54 Å². The molecule has 0 atom stereocenters. The second-order valence-corrected chi connectivity index (χ2v) is 5.54. The molecule has 2 amide bonds. The largest absolute Gasteiger partial charge is 0.350 e. The number of hydrogen-bond acceptors (Lipinski definition) is 2. The highest BCUT2D eigenvalue weighted by Gasteiger charge is 2.25. The third-order valence-electron chi connectivity index (χ3n) is 2.82. The molecule has 4 heteroatoms. The first-order valence-corrected chi connectivity index (χ1v) is 6.39. The third-order valence-corrected chi connectivity index (χ3v) is 2.82. The van der Waals surface area contributed by atoms with Gasteiger partial charge in [-0.1, -0.05) is 30.3 Å². The van der Waals surface area contributed by atoms with E-state index in [-0.39, 0.29) is 23.9 Å². The molecule has 0 saturated carbocycles. The molecule has 0 saturated heterocycles. The highest BCUT2D eigenvalue weighted by molar-refractivity contribution is 5.84. The Balaban J connectivity index is 2.52. The number of carbonyl (C=O) groups is 2. The van der Waals surface area contributed by atoms with Gasteiger partial charge in [-0.05, 0) is 26.3 Å². The van der Waals surface area contributed by atoms with Crippen LogP contribution in [0.4, 0.5) is 0 Å². The summed E-state index contributed by atoms with van der Waals surface area (Å²) in [6.07, 6.45) is 0. The molecule has 19 heavy (non-hydrogen) atoms. The summed E-state index contributed by atoms with van der Waals surface area (Å²) in [5.41, 5.74) is 0.691. The van der Waals surface area contributed by atoms with Crippen LogP contribution in [0.15, 0.2) is 30.3 Å². The lowest BCUT2D eigenvalue weighted by Crippen LogP contribution is -2.49. The summed E-state index contributed by atoms with van der Waals surface area (Å²) in [5.74, 6) is -0.240. The lowest BCUT2D eigenvalue weighted by atomic mass is 10.1. The normalized spacial score (nSPS) is 10.9. The van der Waals surface area contributed by atoms with Gasteiger partial charge in [-0.3, -0.25) is 9.59 Å². The van der Waals surface area contributed by atoms with Crippen LogP contribution >= 0.6 is 0 Å². The monoisotopic (exact) mass is 262 g/mol. The van der Waals surface area contributed by atoms with Crippen LogP contribution in [-0.2, 0) is 16.1 Å². The van der Waals surface area contributed by atoms with Gasteiger partial charge in [0.2, 0.25) is 11.8 Å². The minimum absolute atomic E-state index is 0.0890. The molecule has 0 radical (unpaired) electrons. The molecular formula is C15H22N2O2. The zero-order valence-corrected chi connectivity index (χ0v) is 12.1. The number of benzene rings is 1. The van der Waals surface area contributed by atoms with Crippen molar-refractivity contribution in [3.8, 4) is 0 Å². The number of rotatable bonds is 4. The van der Waals surface area contributed by atoms with Crippen molar-refractivity contribution in [1.82, 2.24) is 10.2 Å². The van der Waals surface area contributed by atoms with Gasteiger partial charge in [-0.15, -0.1) is 0 Å². The van der Waals surface area contributed by atoms with Gasteiger partial charge in [-0.2, -0.15) is 0 Å². The van der Waals surface area contributed by atoms with Crippen molar-refractivity contribution < 1.29 is 9.59 Å². The fourth-order valence-corrected chi connectivity index (χ4v) is 1.82. The van der Waals surface area contributed by atoms with Crippen molar-refractivity contribution in [2.75, 3.05) is 6.54 Å². The van der Waals surface area contributed by atoms with E-state index in [9.17, 15) is 9.59 Å². The van der Waals surface area contributed by atoms with Gasteiger partial charge < -0.3 is 10.2 Å². The molecule has 0 spiro atoms. The molecule has 0 aromatic heterocycles. The first-order valence-electron chi connectivity index (χ1n) is 6.39. The first-order chi connectivity index (χ1) is 8.80. The Morgan fingerprint density at radius 1 is 1.16 bits per heavy atom. The second-order valence-electron chi connectivity index (χ2n) is 5.54. The number of nitrogens with zero attached hydrogens (tertiary/aromatic N) is 1. The quantitative estimate of drug-likeness (QED) is 0.901. The van der Waals surface area contributed by atoms with Gasteiger partial charge in [0.25, 0.3) is 0 Å². The zero-order valence-electron chi connectivity index (χ0n) is 12.1. The van der Waals surface area contributed by atoms with Crippen molar-refractivity contribution in [2.45, 2.75) is 39.8 Å². The number of nitrogens with one attached hydrogen (secondary N) is 1. The number of hydrogen-bond donors (Lipinski definition) is 1. The van der Waals surface area contributed by atoms with Crippen molar-refractivity contribution in [1.29, 1.82) is 0 Å². The van der Waals surface area contributed by atoms with Crippen LogP contribution in [0.25, 0.3) is 0 Å². The summed E-state index contributed by atoms with van der Waals surface area (Å²) >= 11 is 0. The van der Waals surface area contributed by atoms with Gasteiger partial charge in [-0.25, -0.2) is 0 Å². The van der Waals surface area contributed by atoms with Crippen LogP contribution in [0, 0.1) is 0 Å². The van der Waals surface area contributed by atoms with E-state index >= 15 is 0 Å². The molecule has 104 valence electrons. The highest BCUT2D eigenvalue weighted by Crippen LogP contribution is 2.12. The third kappa shape index (κ3) is 5.12. The van der Waals surface area contributed by atoms with E-state index in [4.69, 9.17) is 0 Å². The van der Waals surface area contributed by atoms with E-state index in [1.807, 2.05) is 51.1 Å². The van der Waals surface area contributed by atoms with Crippen LogP contribution in [-0.4, -0.2) is 28.8 Å². The summed E-state index contributed by atoms with van der Waals surface area (Å²) in [4.78, 5) is 25.0. The summed E-state index contributed by atoms with van der Waals surface area (Å²) in [7, 11) is 0. The molecule has 0 aliphatic heterocycles. The Morgan fingerprint density at radius 2 is 1.74 bits per heavy atom. The molecule has 0 unspecified atom stereocenters. The van der Waals surface area contributed by atoms with Crippen molar-refractivity contribution in [2.24, 2.45) is 0 Å². The topological polar surface area (TPSA) is 49.4 Å². The molecular weight excluding hydrogens is 240 g/mol. The maximum atomic E-state index is 11.9. The highest BCUT2D eigenvalue weighted by atomic mass is 16.2. The Kier molecular flexibility index (Phi) is 5.10. The minimum atomic E-state index is -0.351. The summed E-state index contributed by atoms with van der Waals surface area (Å²) in [5, 5.41) is 2.82. The van der Waals surface area contributed by atoms with Gasteiger partial charge >= 0.3 is 0 Å². The standard InChI is InChI=1S/C15H22N2O2/c1-12(18)17(15(2,3)4)11-14(19)16-10-13-8-6-5-7-9-13/h5-9H,10-11H2,1-4H3,(H,16,19). The summed E-state index contributed by atoms with van der Waals surface area (Å²) in [6, 6.07) is 9.69. The van der Waals surface area contributed by atoms with E-state index < -0.39 is 0 Å². The minimum Gasteiger partial charge on any atom is -0.350 e. The smallest absolute Gasteiger partial charge is 0.239 e. The van der Waals surface area contributed by atoms with Gasteiger partial charge in [0.15, 0.2) is 0 Å². The number of carbonyl (C=O) groups excluding carboxylic acids is 2. The average molecular weight is 262 g/mol. The Labute approximate surface area is 114 Å². The van der Waals surface area contributed by atoms with Crippen LogP contribution < -0.4 is 5.32 Å². The van der Waals surface area contributed by atoms with Gasteiger partial charge in [0, 0.05) is 19.0 Å². The molecule has 4 nitrogen and oxygen atoms in total. The Bertz CT molecular complexity index is 435. The predicted molar refractivity (Wildman–Crippen MR) is 75.4 cm³/mol. The SMILES string of the molecule is CC(=O)N(CC(=O)NCc1ccccc1)C(C)(C)C. The predicted octanol–water partition coefficient (Wildman–Crippen LogP) is 1.95. The van der Waals surface area contributed by atoms with E-state index in [1.165, 1.54) is 6.92 Å². The van der Waals surface area contributed by atoms with Crippen molar-refractivity contribution in [3.63, 3.8) is 0 Å². The van der Waals surface area contributed by atoms with E-state index in [1.54, 1.807) is 4.90 Å². The molecule has 1 N–H and O–H groups in total. The molecule has 1 rings (SSSR count). The van der Waals surface area contributed by atoms with Crippen LogP contribution in [0.5, 0.6) is 0 Å². The molecule has 1 aromatic rings. The van der Waals surface area contributed by atoms with Crippen LogP contribution in [0.3, 0.4) is 0 Å².